The topological polar surface area (TPSA) is 58.3 Å². The average Bonchev–Trinajstić information content (AvgIpc) is 3.23. The van der Waals surface area contributed by atoms with Gasteiger partial charge in [0.25, 0.3) is 0 Å². The van der Waals surface area contributed by atoms with Gasteiger partial charge < -0.3 is 10.2 Å². The number of likely N-dealkylation sites (N-methyl/N-ethyl adjacent to an activating group) is 1. The molecule has 1 fully saturated rings. The van der Waals surface area contributed by atoms with Gasteiger partial charge in [0.05, 0.1) is 23.7 Å². The van der Waals surface area contributed by atoms with Crippen molar-refractivity contribution in [3.05, 3.63) is 41.9 Å². The summed E-state index contributed by atoms with van der Waals surface area (Å²) in [6, 6.07) is 2.38. The molecule has 3 aromatic rings. The normalized spacial score (nSPS) is 18.1. The number of anilines is 1. The summed E-state index contributed by atoms with van der Waals surface area (Å²) in [4.78, 5) is 6.36. The molecule has 12 heteroatoms. The zero-order chi connectivity index (χ0) is 23.8. The van der Waals surface area contributed by atoms with Crippen LogP contribution in [0.2, 0.25) is 0 Å². The van der Waals surface area contributed by atoms with E-state index in [1.807, 2.05) is 0 Å². The number of alkyl halides is 6. The predicted octanol–water partition coefficient (Wildman–Crippen LogP) is 4.81. The quantitative estimate of drug-likeness (QED) is 0.540. The largest absolute Gasteiger partial charge is 0.416 e. The summed E-state index contributed by atoms with van der Waals surface area (Å²) in [6.45, 7) is 4.81. The van der Waals surface area contributed by atoms with Crippen LogP contribution in [0.4, 0.5) is 32.3 Å². The second kappa shape index (κ2) is 8.81. The lowest BCUT2D eigenvalue weighted by Gasteiger charge is -2.32. The van der Waals surface area contributed by atoms with E-state index in [0.29, 0.717) is 17.5 Å². The van der Waals surface area contributed by atoms with E-state index in [-0.39, 0.29) is 17.3 Å². The Balaban J connectivity index is 1.73. The van der Waals surface area contributed by atoms with E-state index in [1.165, 1.54) is 12.5 Å². The smallest absolute Gasteiger partial charge is 0.350 e. The van der Waals surface area contributed by atoms with Crippen molar-refractivity contribution in [1.29, 1.82) is 0 Å². The fraction of sp³-hybridized carbons (Fsp3) is 0.476. The molecule has 4 rings (SSSR count). The number of nitrogens with zero attached hydrogens (tertiary/aromatic N) is 5. The third kappa shape index (κ3) is 5.21. The van der Waals surface area contributed by atoms with Crippen LogP contribution in [0, 0.1) is 0 Å². The Kier molecular flexibility index (Phi) is 6.21. The van der Waals surface area contributed by atoms with E-state index in [0.717, 1.165) is 44.6 Å². The molecule has 1 aliphatic heterocycles. The molecule has 2 aromatic heterocycles. The minimum absolute atomic E-state index is 0.0323. The van der Waals surface area contributed by atoms with Gasteiger partial charge in [-0.2, -0.15) is 26.3 Å². The summed E-state index contributed by atoms with van der Waals surface area (Å²) in [5, 5.41) is 11.6. The molecule has 0 radical (unpaired) electrons. The van der Waals surface area contributed by atoms with Gasteiger partial charge in [-0.05, 0) is 43.6 Å². The minimum atomic E-state index is -4.77. The third-order valence-electron chi connectivity index (χ3n) is 5.72. The number of hydrogen-bond acceptors (Lipinski definition) is 5. The number of halogens is 6. The number of piperidine rings is 1. The van der Waals surface area contributed by atoms with Crippen LogP contribution >= 0.6 is 0 Å². The highest BCUT2D eigenvalue weighted by atomic mass is 19.4. The van der Waals surface area contributed by atoms with E-state index in [4.69, 9.17) is 0 Å². The molecule has 1 N–H and O–H groups in total. The number of rotatable bonds is 5. The van der Waals surface area contributed by atoms with E-state index in [1.54, 1.807) is 4.40 Å². The molecule has 1 atom stereocenters. The van der Waals surface area contributed by atoms with Gasteiger partial charge in [0.1, 0.15) is 12.0 Å². The Morgan fingerprint density at radius 3 is 2.61 bits per heavy atom. The van der Waals surface area contributed by atoms with E-state index in [9.17, 15) is 26.3 Å². The molecule has 1 aromatic carbocycles. The van der Waals surface area contributed by atoms with Gasteiger partial charge in [0.2, 0.25) is 5.95 Å². The lowest BCUT2D eigenvalue weighted by Crippen LogP contribution is -2.42. The molecule has 0 saturated carbocycles. The molecule has 3 heterocycles. The fourth-order valence-electron chi connectivity index (χ4n) is 4.13. The molecule has 6 nitrogen and oxygen atoms in total. The van der Waals surface area contributed by atoms with Crippen LogP contribution in [-0.2, 0) is 12.6 Å². The van der Waals surface area contributed by atoms with Crippen molar-refractivity contribution in [2.75, 3.05) is 25.0 Å². The molecule has 1 saturated heterocycles. The van der Waals surface area contributed by atoms with Crippen molar-refractivity contribution in [2.45, 2.75) is 44.6 Å². The number of aromatic nitrogens is 4. The first-order valence-corrected chi connectivity index (χ1v) is 10.5. The molecule has 33 heavy (non-hydrogen) atoms. The van der Waals surface area contributed by atoms with Gasteiger partial charge in [-0.15, -0.1) is 10.2 Å². The minimum Gasteiger partial charge on any atom is -0.350 e. The zero-order valence-corrected chi connectivity index (χ0v) is 17.7. The highest BCUT2D eigenvalue weighted by molar-refractivity contribution is 5.79. The van der Waals surface area contributed by atoms with Gasteiger partial charge >= 0.3 is 12.4 Å². The van der Waals surface area contributed by atoms with Crippen molar-refractivity contribution in [3.8, 4) is 11.3 Å². The van der Waals surface area contributed by atoms with Crippen LogP contribution in [0.15, 0.2) is 30.7 Å². The maximum absolute atomic E-state index is 13.2. The SMILES string of the molecule is CCN1CCCC(Nc2nnc(-c3ccc(C(F)(F)F)cc3CC(F)(F)F)c3cncn23)C1. The Bertz CT molecular complexity index is 1120. The highest BCUT2D eigenvalue weighted by Gasteiger charge is 2.35. The summed E-state index contributed by atoms with van der Waals surface area (Å²) in [6.07, 6.45) is -6.20. The maximum Gasteiger partial charge on any atom is 0.416 e. The first kappa shape index (κ1) is 23.3. The van der Waals surface area contributed by atoms with Gasteiger partial charge in [-0.3, -0.25) is 4.40 Å². The molecule has 0 spiro atoms. The van der Waals surface area contributed by atoms with Crippen molar-refractivity contribution in [2.24, 2.45) is 0 Å². The lowest BCUT2D eigenvalue weighted by molar-refractivity contribution is -0.138. The Morgan fingerprint density at radius 2 is 1.91 bits per heavy atom. The standard InChI is InChI=1S/C21H22F6N6/c1-2-32-7-3-4-15(11-32)29-19-31-30-18(17-10-28-12-33(17)19)16-6-5-14(21(25,26)27)8-13(16)9-20(22,23)24/h5-6,8,10,12,15H,2-4,7,9,11H2,1H3,(H,29,31). The van der Waals surface area contributed by atoms with Gasteiger partial charge in [0, 0.05) is 18.2 Å². The summed E-state index contributed by atoms with van der Waals surface area (Å²) < 4.78 is 80.4. The number of nitrogens with one attached hydrogen (secondary N) is 1. The molecular weight excluding hydrogens is 450 g/mol. The molecule has 1 unspecified atom stereocenters. The second-order valence-corrected chi connectivity index (χ2v) is 8.06. The van der Waals surface area contributed by atoms with Crippen molar-refractivity contribution in [3.63, 3.8) is 0 Å². The molecule has 0 aliphatic carbocycles. The van der Waals surface area contributed by atoms with Crippen molar-refractivity contribution >= 4 is 11.5 Å². The van der Waals surface area contributed by atoms with Crippen LogP contribution in [0.25, 0.3) is 16.8 Å². The number of likely N-dealkylation sites (tertiary alicyclic amines) is 1. The van der Waals surface area contributed by atoms with Crippen LogP contribution in [0.5, 0.6) is 0 Å². The number of fused-ring (bicyclic) bond motifs is 1. The highest BCUT2D eigenvalue weighted by Crippen LogP contribution is 2.36. The fourth-order valence-corrected chi connectivity index (χ4v) is 4.13. The van der Waals surface area contributed by atoms with Crippen molar-refractivity contribution < 1.29 is 26.3 Å². The molecule has 1 aliphatic rings. The summed E-state index contributed by atoms with van der Waals surface area (Å²) in [5.74, 6) is 0.374. The number of hydrogen-bond donors (Lipinski definition) is 1. The van der Waals surface area contributed by atoms with E-state index < -0.39 is 29.9 Å². The number of imidazole rings is 1. The van der Waals surface area contributed by atoms with E-state index in [2.05, 4.69) is 32.3 Å². The monoisotopic (exact) mass is 472 g/mol. The first-order valence-electron chi connectivity index (χ1n) is 10.5. The van der Waals surface area contributed by atoms with Crippen LogP contribution in [0.3, 0.4) is 0 Å². The van der Waals surface area contributed by atoms with Gasteiger partial charge in [-0.1, -0.05) is 13.0 Å². The van der Waals surface area contributed by atoms with Gasteiger partial charge in [0.15, 0.2) is 0 Å². The number of benzene rings is 1. The summed E-state index contributed by atoms with van der Waals surface area (Å²) in [7, 11) is 0. The van der Waals surface area contributed by atoms with Gasteiger partial charge in [-0.25, -0.2) is 4.98 Å². The lowest BCUT2D eigenvalue weighted by atomic mass is 9.98. The van der Waals surface area contributed by atoms with Crippen LogP contribution in [0.1, 0.15) is 30.9 Å². The Hall–Kier alpha value is -2.89. The van der Waals surface area contributed by atoms with Crippen LogP contribution < -0.4 is 5.32 Å². The Labute approximate surface area is 185 Å². The summed E-state index contributed by atoms with van der Waals surface area (Å²) in [5.41, 5.74) is -1.37. The first-order chi connectivity index (χ1) is 15.5. The molecule has 0 amide bonds. The summed E-state index contributed by atoms with van der Waals surface area (Å²) >= 11 is 0. The molecule has 178 valence electrons. The third-order valence-corrected chi connectivity index (χ3v) is 5.72. The Morgan fingerprint density at radius 1 is 1.12 bits per heavy atom. The maximum atomic E-state index is 13.2. The second-order valence-electron chi connectivity index (χ2n) is 8.06. The predicted molar refractivity (Wildman–Crippen MR) is 110 cm³/mol. The van der Waals surface area contributed by atoms with E-state index >= 15 is 0 Å². The molecule has 0 bridgehead atoms. The average molecular weight is 472 g/mol. The van der Waals surface area contributed by atoms with Crippen molar-refractivity contribution in [1.82, 2.24) is 24.5 Å². The zero-order valence-electron chi connectivity index (χ0n) is 17.7. The molecular formula is C21H22F6N6. The van der Waals surface area contributed by atoms with Crippen LogP contribution in [-0.4, -0.2) is 56.3 Å².